The number of nitrogens with zero attached hydrogens (tertiary/aromatic N) is 5. The maximum atomic E-state index is 12.5. The standard InChI is InChI=1S/C18H23N5O3/c1-13-4-7-15(8-5-13)18-19-21-23(20-18)12-16(24)22-10-2-3-14(11-22)6-9-17(25)26/h4-5,7-8,14H,2-3,6,9-12H2,1H3,(H,25,26)/t14-/m1/s1. The van der Waals surface area contributed by atoms with Crippen molar-refractivity contribution in [3.63, 3.8) is 0 Å². The number of carboxylic acid groups (broad SMARTS) is 1. The Morgan fingerprint density at radius 3 is 2.77 bits per heavy atom. The van der Waals surface area contributed by atoms with Crippen LogP contribution in [0.5, 0.6) is 0 Å². The molecule has 0 bridgehead atoms. The summed E-state index contributed by atoms with van der Waals surface area (Å²) in [5.74, 6) is -0.104. The Balaban J connectivity index is 1.57. The minimum Gasteiger partial charge on any atom is -0.481 e. The van der Waals surface area contributed by atoms with Gasteiger partial charge in [-0.3, -0.25) is 9.59 Å². The lowest BCUT2D eigenvalue weighted by Gasteiger charge is -2.32. The van der Waals surface area contributed by atoms with Crippen molar-refractivity contribution < 1.29 is 14.7 Å². The van der Waals surface area contributed by atoms with E-state index in [1.807, 2.05) is 31.2 Å². The van der Waals surface area contributed by atoms with Crippen molar-refractivity contribution in [3.05, 3.63) is 29.8 Å². The van der Waals surface area contributed by atoms with Crippen molar-refractivity contribution in [2.24, 2.45) is 5.92 Å². The molecule has 8 heteroatoms. The van der Waals surface area contributed by atoms with Gasteiger partial charge in [0.05, 0.1) is 0 Å². The molecule has 0 radical (unpaired) electrons. The number of hydrogen-bond acceptors (Lipinski definition) is 5. The lowest BCUT2D eigenvalue weighted by atomic mass is 9.93. The summed E-state index contributed by atoms with van der Waals surface area (Å²) in [6.07, 6.45) is 2.63. The van der Waals surface area contributed by atoms with Gasteiger partial charge < -0.3 is 10.0 Å². The maximum Gasteiger partial charge on any atom is 0.303 e. The van der Waals surface area contributed by atoms with E-state index in [-0.39, 0.29) is 24.8 Å². The first-order valence-corrected chi connectivity index (χ1v) is 8.85. The van der Waals surface area contributed by atoms with Gasteiger partial charge in [-0.1, -0.05) is 29.8 Å². The van der Waals surface area contributed by atoms with Crippen molar-refractivity contribution in [3.8, 4) is 11.4 Å². The van der Waals surface area contributed by atoms with Gasteiger partial charge in [-0.2, -0.15) is 4.80 Å². The van der Waals surface area contributed by atoms with E-state index in [0.717, 1.165) is 24.0 Å². The SMILES string of the molecule is Cc1ccc(-c2nnn(CC(=O)N3CCC[C@H](CCC(=O)O)C3)n2)cc1. The lowest BCUT2D eigenvalue weighted by molar-refractivity contribution is -0.137. The number of carboxylic acids is 1. The first-order valence-electron chi connectivity index (χ1n) is 8.85. The van der Waals surface area contributed by atoms with E-state index < -0.39 is 5.97 Å². The summed E-state index contributed by atoms with van der Waals surface area (Å²) < 4.78 is 0. The fourth-order valence-corrected chi connectivity index (χ4v) is 3.20. The zero-order valence-corrected chi connectivity index (χ0v) is 14.8. The molecule has 138 valence electrons. The van der Waals surface area contributed by atoms with Crippen LogP contribution in [0.25, 0.3) is 11.4 Å². The van der Waals surface area contributed by atoms with Crippen molar-refractivity contribution in [2.75, 3.05) is 13.1 Å². The van der Waals surface area contributed by atoms with Gasteiger partial charge in [0.1, 0.15) is 6.54 Å². The van der Waals surface area contributed by atoms with Crippen LogP contribution in [0.4, 0.5) is 0 Å². The zero-order chi connectivity index (χ0) is 18.5. The van der Waals surface area contributed by atoms with E-state index in [1.165, 1.54) is 4.80 Å². The molecule has 1 saturated heterocycles. The predicted molar refractivity (Wildman–Crippen MR) is 94.2 cm³/mol. The molecule has 0 unspecified atom stereocenters. The number of benzene rings is 1. The molecule has 1 aromatic carbocycles. The monoisotopic (exact) mass is 357 g/mol. The number of carbonyl (C=O) groups excluding carboxylic acids is 1. The number of aromatic nitrogens is 4. The van der Waals surface area contributed by atoms with Gasteiger partial charge in [0.25, 0.3) is 0 Å². The molecule has 2 aromatic rings. The molecular weight excluding hydrogens is 334 g/mol. The number of tetrazole rings is 1. The summed E-state index contributed by atoms with van der Waals surface area (Å²) in [5.41, 5.74) is 2.01. The van der Waals surface area contributed by atoms with Crippen LogP contribution in [0.15, 0.2) is 24.3 Å². The van der Waals surface area contributed by atoms with Crippen LogP contribution >= 0.6 is 0 Å². The van der Waals surface area contributed by atoms with Gasteiger partial charge >= 0.3 is 5.97 Å². The highest BCUT2D eigenvalue weighted by Gasteiger charge is 2.24. The Labute approximate surface area is 151 Å². The Morgan fingerprint density at radius 2 is 2.04 bits per heavy atom. The number of amides is 1. The van der Waals surface area contributed by atoms with E-state index in [0.29, 0.717) is 25.3 Å². The molecule has 26 heavy (non-hydrogen) atoms. The van der Waals surface area contributed by atoms with Gasteiger partial charge in [-0.05, 0) is 37.3 Å². The van der Waals surface area contributed by atoms with E-state index in [4.69, 9.17) is 5.11 Å². The number of aliphatic carboxylic acids is 1. The molecule has 1 aliphatic heterocycles. The topological polar surface area (TPSA) is 101 Å². The van der Waals surface area contributed by atoms with Gasteiger partial charge in [0, 0.05) is 25.1 Å². The quantitative estimate of drug-likeness (QED) is 0.845. The summed E-state index contributed by atoms with van der Waals surface area (Å²) in [4.78, 5) is 26.4. The molecule has 1 atom stereocenters. The third-order valence-corrected chi connectivity index (χ3v) is 4.68. The Hall–Kier alpha value is -2.77. The molecule has 1 aliphatic rings. The number of likely N-dealkylation sites (tertiary alicyclic amines) is 1. The fraction of sp³-hybridized carbons (Fsp3) is 0.500. The first kappa shape index (κ1) is 18.0. The summed E-state index contributed by atoms with van der Waals surface area (Å²) >= 11 is 0. The summed E-state index contributed by atoms with van der Waals surface area (Å²) in [6.45, 7) is 3.35. The Kier molecular flexibility index (Phi) is 5.60. The average Bonchev–Trinajstić information content (AvgIpc) is 3.09. The maximum absolute atomic E-state index is 12.5. The predicted octanol–water partition coefficient (Wildman–Crippen LogP) is 1.75. The van der Waals surface area contributed by atoms with E-state index in [1.54, 1.807) is 4.90 Å². The van der Waals surface area contributed by atoms with Crippen molar-refractivity contribution in [2.45, 2.75) is 39.2 Å². The molecular formula is C18H23N5O3. The first-order chi connectivity index (χ1) is 12.5. The van der Waals surface area contributed by atoms with Crippen LogP contribution < -0.4 is 0 Å². The van der Waals surface area contributed by atoms with Crippen LogP contribution in [-0.4, -0.2) is 55.2 Å². The second-order valence-electron chi connectivity index (χ2n) is 6.79. The minimum absolute atomic E-state index is 0.0461. The molecule has 3 rings (SSSR count). The average molecular weight is 357 g/mol. The highest BCUT2D eigenvalue weighted by molar-refractivity contribution is 5.76. The fourth-order valence-electron chi connectivity index (χ4n) is 3.20. The summed E-state index contributed by atoms with van der Waals surface area (Å²) in [7, 11) is 0. The second kappa shape index (κ2) is 8.07. The van der Waals surface area contributed by atoms with Crippen molar-refractivity contribution in [1.29, 1.82) is 0 Å². The van der Waals surface area contributed by atoms with Crippen LogP contribution in [0, 0.1) is 12.8 Å². The molecule has 0 spiro atoms. The van der Waals surface area contributed by atoms with Crippen molar-refractivity contribution in [1.82, 2.24) is 25.1 Å². The van der Waals surface area contributed by atoms with E-state index in [2.05, 4.69) is 15.4 Å². The van der Waals surface area contributed by atoms with Gasteiger partial charge in [0.2, 0.25) is 11.7 Å². The summed E-state index contributed by atoms with van der Waals surface area (Å²) in [5, 5.41) is 21.1. The normalized spacial score (nSPS) is 17.3. The summed E-state index contributed by atoms with van der Waals surface area (Å²) in [6, 6.07) is 7.81. The minimum atomic E-state index is -0.788. The molecule has 0 saturated carbocycles. The number of aryl methyl sites for hydroxylation is 1. The van der Waals surface area contributed by atoms with Crippen LogP contribution in [0.1, 0.15) is 31.2 Å². The number of hydrogen-bond donors (Lipinski definition) is 1. The van der Waals surface area contributed by atoms with Crippen LogP contribution in [0.3, 0.4) is 0 Å². The van der Waals surface area contributed by atoms with Crippen LogP contribution in [-0.2, 0) is 16.1 Å². The zero-order valence-electron chi connectivity index (χ0n) is 14.8. The molecule has 8 nitrogen and oxygen atoms in total. The van der Waals surface area contributed by atoms with E-state index >= 15 is 0 Å². The number of carbonyl (C=O) groups is 2. The van der Waals surface area contributed by atoms with Gasteiger partial charge in [-0.15, -0.1) is 10.2 Å². The Morgan fingerprint density at radius 1 is 1.27 bits per heavy atom. The number of piperidine rings is 1. The molecule has 1 N–H and O–H groups in total. The third-order valence-electron chi connectivity index (χ3n) is 4.68. The largest absolute Gasteiger partial charge is 0.481 e. The van der Waals surface area contributed by atoms with Gasteiger partial charge in [0.15, 0.2) is 0 Å². The van der Waals surface area contributed by atoms with E-state index in [9.17, 15) is 9.59 Å². The van der Waals surface area contributed by atoms with Gasteiger partial charge in [-0.25, -0.2) is 0 Å². The highest BCUT2D eigenvalue weighted by atomic mass is 16.4. The molecule has 1 fully saturated rings. The molecule has 2 heterocycles. The third kappa shape index (κ3) is 4.65. The molecule has 0 aliphatic carbocycles. The van der Waals surface area contributed by atoms with Crippen molar-refractivity contribution >= 4 is 11.9 Å². The Bertz CT molecular complexity index is 771. The molecule has 1 aromatic heterocycles. The smallest absolute Gasteiger partial charge is 0.303 e. The highest BCUT2D eigenvalue weighted by Crippen LogP contribution is 2.21. The number of rotatable bonds is 6. The second-order valence-corrected chi connectivity index (χ2v) is 6.79. The van der Waals surface area contributed by atoms with Crippen LogP contribution in [0.2, 0.25) is 0 Å². The molecule has 1 amide bonds. The lowest BCUT2D eigenvalue weighted by Crippen LogP contribution is -2.42.